The molecule has 4 aromatic carbocycles. The first-order chi connectivity index (χ1) is 48.9. The molecule has 4 nitrogen and oxygen atoms in total. The Morgan fingerprint density at radius 2 is 0.727 bits per heavy atom. The van der Waals surface area contributed by atoms with Gasteiger partial charge in [-0.05, 0) is 151 Å². The molecule has 3 aromatic heterocycles. The third kappa shape index (κ3) is 19.6. The summed E-state index contributed by atoms with van der Waals surface area (Å²) in [5.74, 6) is 0.395. The number of hydrogen-bond donors (Lipinski definition) is 2. The van der Waals surface area contributed by atoms with E-state index in [9.17, 15) is 0 Å². The molecular weight excluding hydrogens is 1230 g/mol. The molecule has 99 heavy (non-hydrogen) atoms. The average molecular weight is 1360 g/mol. The van der Waals surface area contributed by atoms with Gasteiger partial charge in [-0.1, -0.05) is 370 Å². The molecule has 2 N–H and O–H groups in total. The summed E-state index contributed by atoms with van der Waals surface area (Å²) in [6.45, 7) is 12.0. The Kier molecular flexibility index (Phi) is 29.5. The Morgan fingerprint density at radius 3 is 1.22 bits per heavy atom. The van der Waals surface area contributed by atoms with Gasteiger partial charge in [0.25, 0.3) is 0 Å². The first-order valence-corrected chi connectivity index (χ1v) is 44.9. The highest BCUT2D eigenvalue weighted by molar-refractivity contribution is 7.01. The summed E-state index contributed by atoms with van der Waals surface area (Å²) < 4.78 is 0. The van der Waals surface area contributed by atoms with Gasteiger partial charge in [-0.2, -0.15) is 0 Å². The number of nitrogens with one attached hydrogen (secondary N) is 2. The number of aromatic amines is 2. The molecule has 0 spiro atoms. The molecule has 3 atom stereocenters. The van der Waals surface area contributed by atoms with E-state index in [1.807, 2.05) is 0 Å². The minimum absolute atomic E-state index is 0.0789. The van der Waals surface area contributed by atoms with E-state index < -0.39 is 17.6 Å². The van der Waals surface area contributed by atoms with E-state index >= 15 is 0 Å². The second kappa shape index (κ2) is 39.4. The number of fused-ring (bicyclic) bond motifs is 14. The molecule has 0 saturated heterocycles. The van der Waals surface area contributed by atoms with Gasteiger partial charge < -0.3 is 9.97 Å². The molecule has 0 amide bonds. The van der Waals surface area contributed by atoms with Crippen LogP contribution in [0.25, 0.3) is 68.6 Å². The number of hydrogen-bond acceptors (Lipinski definition) is 2. The summed E-state index contributed by atoms with van der Waals surface area (Å²) >= 11 is 0. The summed E-state index contributed by atoms with van der Waals surface area (Å²) in [6.07, 6.45) is 66.4. The highest BCUT2D eigenvalue weighted by atomic mass is 28.3. The van der Waals surface area contributed by atoms with Gasteiger partial charge in [-0.3, -0.25) is 0 Å². The van der Waals surface area contributed by atoms with Crippen LogP contribution >= 0.6 is 0 Å². The Bertz CT molecular complexity index is 3810. The topological polar surface area (TPSA) is 57.4 Å². The fraction of sp³-hybridized carbons (Fsp3) is 0.527. The molecule has 6 heteroatoms. The van der Waals surface area contributed by atoms with Crippen molar-refractivity contribution in [2.45, 2.75) is 316 Å². The van der Waals surface area contributed by atoms with Crippen LogP contribution in [0.3, 0.4) is 0 Å². The van der Waals surface area contributed by atoms with Crippen molar-refractivity contribution in [3.63, 3.8) is 0 Å². The molecule has 4 aliphatic heterocycles. The largest absolute Gasteiger partial charge is 0.355 e. The maximum Gasteiger partial charge on any atom is 0.140 e. The van der Waals surface area contributed by atoms with Crippen LogP contribution in [0.1, 0.15) is 344 Å². The molecule has 3 unspecified atom stereocenters. The Hall–Kier alpha value is -6.09. The quantitative estimate of drug-likeness (QED) is 0.0295. The van der Waals surface area contributed by atoms with E-state index in [4.69, 9.17) is 9.97 Å². The molecule has 7 heterocycles. The van der Waals surface area contributed by atoms with E-state index in [2.05, 4.69) is 190 Å². The highest BCUT2D eigenvalue weighted by Crippen LogP contribution is 2.43. The third-order valence-electron chi connectivity index (χ3n) is 23.6. The monoisotopic (exact) mass is 1360 g/mol. The Morgan fingerprint density at radius 1 is 0.343 bits per heavy atom. The van der Waals surface area contributed by atoms with Gasteiger partial charge in [0.15, 0.2) is 0 Å². The van der Waals surface area contributed by atoms with Crippen LogP contribution in [-0.2, 0) is 5.41 Å². The van der Waals surface area contributed by atoms with Gasteiger partial charge in [-0.15, -0.1) is 0 Å². The molecule has 0 fully saturated rings. The molecule has 0 radical (unpaired) electrons. The van der Waals surface area contributed by atoms with Crippen LogP contribution in [0.15, 0.2) is 121 Å². The lowest BCUT2D eigenvalue weighted by atomic mass is 9.71. The summed E-state index contributed by atoms with van der Waals surface area (Å²) in [6, 6.07) is 47.8. The number of H-pyrrole nitrogens is 2. The van der Waals surface area contributed by atoms with Crippen LogP contribution in [-0.4, -0.2) is 37.5 Å². The molecule has 4 aliphatic rings. The number of nitrogens with zero attached hydrogens (tertiary/aromatic N) is 2. The van der Waals surface area contributed by atoms with E-state index in [1.54, 1.807) is 21.5 Å². The maximum absolute atomic E-state index is 6.14. The van der Waals surface area contributed by atoms with Crippen LogP contribution < -0.4 is 31.1 Å². The van der Waals surface area contributed by atoms with Crippen LogP contribution in [0, 0.1) is 0 Å². The van der Waals surface area contributed by atoms with Gasteiger partial charge in [0, 0.05) is 27.6 Å². The van der Waals surface area contributed by atoms with Gasteiger partial charge in [0.2, 0.25) is 0 Å². The van der Waals surface area contributed by atoms with E-state index in [-0.39, 0.29) is 5.41 Å². The second-order valence-electron chi connectivity index (χ2n) is 31.2. The van der Waals surface area contributed by atoms with Gasteiger partial charge in [0.05, 0.1) is 22.8 Å². The summed E-state index contributed by atoms with van der Waals surface area (Å²) in [7, 11) is -4.32. The Labute approximate surface area is 604 Å². The number of benzene rings is 4. The van der Waals surface area contributed by atoms with Gasteiger partial charge in [-0.25, -0.2) is 9.97 Å². The number of rotatable bonds is 46. The summed E-state index contributed by atoms with van der Waals surface area (Å²) in [4.78, 5) is 20.3. The van der Waals surface area contributed by atoms with Gasteiger partial charge in [0.1, 0.15) is 17.6 Å². The smallest absolute Gasteiger partial charge is 0.140 e. The van der Waals surface area contributed by atoms with Crippen molar-refractivity contribution in [2.24, 2.45) is 0 Å². The fourth-order valence-corrected chi connectivity index (χ4v) is 25.3. The standard InChI is InChI=1S/C93H128N4Si2/c1-6-10-14-18-21-22-23-24-25-26-27-28-29-30-31-32-33-34-35-37-41-52-72(51-40-36-19-15-11-7-2)89-79-63-61-73(94-79)71-74-62-64-81(95-74)91(98-85-57-45-42-53-75(85)76-54-43-46-58-86(76)98)83-67-68-84(97-83)92(82-66-65-80(89)96-82)99-87-59-47-44-55-77(87)90-78(56-50-60-88(90)99)93(5,69-48-38-17-13-9-4)70-49-39-20-16-12-8-3/h42-47,50,53-68,71-72,95-96,98-99H,6-41,48-49,51-52,69-70H2,1-5H3. The van der Waals surface area contributed by atoms with Crippen LogP contribution in [0.4, 0.5) is 0 Å². The highest BCUT2D eigenvalue weighted by Gasteiger charge is 2.40. The zero-order chi connectivity index (χ0) is 68.3. The zero-order valence-electron chi connectivity index (χ0n) is 62.7. The number of unbranched alkanes of at least 4 members (excludes halogenated alkanes) is 34. The zero-order valence-corrected chi connectivity index (χ0v) is 65.0. The second-order valence-corrected chi connectivity index (χ2v) is 36.6. The SMILES string of the molecule is CCCCCCCCCCCCCCCCCCCCCCCC(CCCCCCCC)c1c2nc(cc3ccc([nH]3)c([SiH]3c4ccccc4-c4ccccc43)c3nc(c([SiH]4c5ccccc5-c5c4cccc5C(C)(CCCCCCC)CCCCCCCC)c4ccc1[nH]4)C=C3)C=C2. The lowest BCUT2D eigenvalue weighted by Crippen LogP contribution is -2.51. The van der Waals surface area contributed by atoms with Crippen molar-refractivity contribution < 1.29 is 0 Å². The molecule has 7 aromatic rings. The first kappa shape index (κ1) is 74.1. The molecule has 528 valence electrons. The summed E-state index contributed by atoms with van der Waals surface area (Å²) in [5, 5.41) is 8.85. The van der Waals surface area contributed by atoms with Crippen LogP contribution in [0.2, 0.25) is 0 Å². The first-order valence-electron chi connectivity index (χ1n) is 41.5. The predicted molar refractivity (Wildman–Crippen MR) is 441 cm³/mol. The third-order valence-corrected chi connectivity index (χ3v) is 30.4. The van der Waals surface area contributed by atoms with Crippen LogP contribution in [0.5, 0.6) is 0 Å². The van der Waals surface area contributed by atoms with Crippen molar-refractivity contribution in [2.75, 3.05) is 0 Å². The lowest BCUT2D eigenvalue weighted by molar-refractivity contribution is 0.363. The minimum Gasteiger partial charge on any atom is -0.355 e. The molecular formula is C93H128N4Si2. The van der Waals surface area contributed by atoms with E-state index in [1.165, 1.54) is 329 Å². The van der Waals surface area contributed by atoms with Gasteiger partial charge >= 0.3 is 0 Å². The van der Waals surface area contributed by atoms with Crippen molar-refractivity contribution in [3.8, 4) is 22.3 Å². The normalized spacial score (nSPS) is 14.6. The predicted octanol–water partition coefficient (Wildman–Crippen LogP) is 23.9. The average Bonchev–Trinajstić information content (AvgIpc) is 1.58. The maximum atomic E-state index is 6.14. The molecule has 0 saturated carbocycles. The summed E-state index contributed by atoms with van der Waals surface area (Å²) in [5.41, 5.74) is 18.0. The molecule has 0 aliphatic carbocycles. The lowest BCUT2D eigenvalue weighted by Gasteiger charge is -2.33. The van der Waals surface area contributed by atoms with Crippen molar-refractivity contribution in [3.05, 3.63) is 155 Å². The fourth-order valence-electron chi connectivity index (χ4n) is 18.0. The van der Waals surface area contributed by atoms with Crippen molar-refractivity contribution >= 4 is 95.1 Å². The number of aromatic nitrogens is 4. The minimum atomic E-state index is -2.25. The molecule has 11 rings (SSSR count). The van der Waals surface area contributed by atoms with Crippen molar-refractivity contribution in [1.29, 1.82) is 0 Å². The van der Waals surface area contributed by atoms with E-state index in [0.29, 0.717) is 5.92 Å². The van der Waals surface area contributed by atoms with E-state index in [0.717, 1.165) is 28.3 Å². The Balaban J connectivity index is 0.952. The van der Waals surface area contributed by atoms with Crippen molar-refractivity contribution in [1.82, 2.24) is 19.9 Å². The molecule has 8 bridgehead atoms.